The summed E-state index contributed by atoms with van der Waals surface area (Å²) in [5.74, 6) is 1.06. The van der Waals surface area contributed by atoms with Crippen LogP contribution in [0.15, 0.2) is 18.7 Å². The molecular formula is C14H23N5. The SMILES string of the molecule is Cc1ncn(CCNC(C)Cn2ccnc2C)c1C. The van der Waals surface area contributed by atoms with Crippen LogP contribution in [0.25, 0.3) is 0 Å². The molecule has 5 heteroatoms. The van der Waals surface area contributed by atoms with Gasteiger partial charge in [0.05, 0.1) is 12.0 Å². The number of aryl methyl sites for hydroxylation is 2. The molecule has 0 aliphatic carbocycles. The van der Waals surface area contributed by atoms with Crippen LogP contribution in [0.1, 0.15) is 24.1 Å². The van der Waals surface area contributed by atoms with E-state index < -0.39 is 0 Å². The zero-order chi connectivity index (χ0) is 13.8. The zero-order valence-corrected chi connectivity index (χ0v) is 12.2. The van der Waals surface area contributed by atoms with Crippen molar-refractivity contribution < 1.29 is 0 Å². The fourth-order valence-corrected chi connectivity index (χ4v) is 2.16. The Morgan fingerprint density at radius 2 is 2.00 bits per heavy atom. The highest BCUT2D eigenvalue weighted by Crippen LogP contribution is 2.03. The fourth-order valence-electron chi connectivity index (χ4n) is 2.16. The van der Waals surface area contributed by atoms with Crippen molar-refractivity contribution in [2.45, 2.75) is 46.8 Å². The molecule has 0 aliphatic rings. The van der Waals surface area contributed by atoms with Gasteiger partial charge in [-0.25, -0.2) is 9.97 Å². The lowest BCUT2D eigenvalue weighted by Crippen LogP contribution is -2.33. The Kier molecular flexibility index (Phi) is 4.37. The first kappa shape index (κ1) is 13.8. The van der Waals surface area contributed by atoms with Gasteiger partial charge < -0.3 is 14.5 Å². The van der Waals surface area contributed by atoms with Crippen LogP contribution in [0, 0.1) is 20.8 Å². The van der Waals surface area contributed by atoms with Gasteiger partial charge in [0.15, 0.2) is 0 Å². The third-order valence-corrected chi connectivity index (χ3v) is 3.58. The summed E-state index contributed by atoms with van der Waals surface area (Å²) in [6.45, 7) is 11.2. The minimum Gasteiger partial charge on any atom is -0.334 e. The van der Waals surface area contributed by atoms with Gasteiger partial charge in [-0.3, -0.25) is 0 Å². The van der Waals surface area contributed by atoms with Gasteiger partial charge in [-0.2, -0.15) is 0 Å². The van der Waals surface area contributed by atoms with Crippen molar-refractivity contribution in [3.63, 3.8) is 0 Å². The van der Waals surface area contributed by atoms with E-state index in [1.165, 1.54) is 5.69 Å². The highest BCUT2D eigenvalue weighted by atomic mass is 15.1. The first-order chi connectivity index (χ1) is 9.08. The van der Waals surface area contributed by atoms with Gasteiger partial charge in [-0.1, -0.05) is 0 Å². The molecule has 2 heterocycles. The highest BCUT2D eigenvalue weighted by Gasteiger charge is 2.05. The molecule has 1 N–H and O–H groups in total. The Hall–Kier alpha value is -1.62. The fraction of sp³-hybridized carbons (Fsp3) is 0.571. The number of aromatic nitrogens is 4. The second-order valence-corrected chi connectivity index (χ2v) is 5.09. The predicted octanol–water partition coefficient (Wildman–Crippen LogP) is 1.68. The smallest absolute Gasteiger partial charge is 0.105 e. The van der Waals surface area contributed by atoms with Crippen LogP contribution < -0.4 is 5.32 Å². The molecule has 0 aromatic carbocycles. The average Bonchev–Trinajstić information content (AvgIpc) is 2.90. The molecule has 1 unspecified atom stereocenters. The van der Waals surface area contributed by atoms with E-state index >= 15 is 0 Å². The maximum atomic E-state index is 4.31. The normalized spacial score (nSPS) is 12.8. The van der Waals surface area contributed by atoms with Crippen LogP contribution in [0.4, 0.5) is 0 Å². The lowest BCUT2D eigenvalue weighted by molar-refractivity contribution is 0.455. The van der Waals surface area contributed by atoms with E-state index in [2.05, 4.69) is 38.3 Å². The molecule has 0 saturated carbocycles. The van der Waals surface area contributed by atoms with Crippen molar-refractivity contribution in [1.82, 2.24) is 24.4 Å². The summed E-state index contributed by atoms with van der Waals surface area (Å²) in [7, 11) is 0. The Morgan fingerprint density at radius 1 is 1.21 bits per heavy atom. The van der Waals surface area contributed by atoms with E-state index in [1.54, 1.807) is 0 Å². The summed E-state index contributed by atoms with van der Waals surface area (Å²) < 4.78 is 4.36. The number of hydrogen-bond donors (Lipinski definition) is 1. The Balaban J connectivity index is 1.77. The minimum atomic E-state index is 0.429. The number of nitrogens with zero attached hydrogens (tertiary/aromatic N) is 4. The molecule has 0 aliphatic heterocycles. The first-order valence-corrected chi connectivity index (χ1v) is 6.77. The van der Waals surface area contributed by atoms with Gasteiger partial charge in [-0.15, -0.1) is 0 Å². The van der Waals surface area contributed by atoms with Crippen LogP contribution in [-0.2, 0) is 13.1 Å². The zero-order valence-electron chi connectivity index (χ0n) is 12.2. The molecule has 2 aromatic rings. The van der Waals surface area contributed by atoms with Gasteiger partial charge >= 0.3 is 0 Å². The number of nitrogens with one attached hydrogen (secondary N) is 1. The molecule has 0 spiro atoms. The molecule has 19 heavy (non-hydrogen) atoms. The van der Waals surface area contributed by atoms with Crippen LogP contribution in [0.2, 0.25) is 0 Å². The molecule has 1 atom stereocenters. The topological polar surface area (TPSA) is 47.7 Å². The van der Waals surface area contributed by atoms with E-state index in [0.29, 0.717) is 6.04 Å². The number of imidazole rings is 2. The summed E-state index contributed by atoms with van der Waals surface area (Å²) in [4.78, 5) is 8.54. The van der Waals surface area contributed by atoms with Crippen molar-refractivity contribution in [2.75, 3.05) is 6.54 Å². The second kappa shape index (κ2) is 6.02. The second-order valence-electron chi connectivity index (χ2n) is 5.09. The summed E-state index contributed by atoms with van der Waals surface area (Å²) >= 11 is 0. The van der Waals surface area contributed by atoms with E-state index in [9.17, 15) is 0 Å². The Morgan fingerprint density at radius 3 is 2.58 bits per heavy atom. The Bertz CT molecular complexity index is 526. The van der Waals surface area contributed by atoms with E-state index in [1.807, 2.05) is 32.6 Å². The standard InChI is InChI=1S/C14H23N5/c1-11(9-18-7-6-16-14(18)4)15-5-8-19-10-17-12(2)13(19)3/h6-7,10-11,15H,5,8-9H2,1-4H3. The molecule has 0 fully saturated rings. The molecule has 0 radical (unpaired) electrons. The van der Waals surface area contributed by atoms with Gasteiger partial charge in [0.2, 0.25) is 0 Å². The van der Waals surface area contributed by atoms with Gasteiger partial charge in [0.25, 0.3) is 0 Å². The number of hydrogen-bond acceptors (Lipinski definition) is 3. The van der Waals surface area contributed by atoms with Crippen molar-refractivity contribution >= 4 is 0 Å². The summed E-state index contributed by atoms with van der Waals surface area (Å²) in [5.41, 5.74) is 2.36. The maximum absolute atomic E-state index is 4.31. The van der Waals surface area contributed by atoms with E-state index in [0.717, 1.165) is 31.2 Å². The van der Waals surface area contributed by atoms with Crippen molar-refractivity contribution in [2.24, 2.45) is 0 Å². The molecule has 5 nitrogen and oxygen atoms in total. The first-order valence-electron chi connectivity index (χ1n) is 6.77. The molecular weight excluding hydrogens is 238 g/mol. The van der Waals surface area contributed by atoms with Gasteiger partial charge in [0.1, 0.15) is 5.82 Å². The molecule has 2 rings (SSSR count). The summed E-state index contributed by atoms with van der Waals surface area (Å²) in [6.07, 6.45) is 5.79. The lowest BCUT2D eigenvalue weighted by atomic mass is 10.3. The van der Waals surface area contributed by atoms with Crippen LogP contribution >= 0.6 is 0 Å². The largest absolute Gasteiger partial charge is 0.334 e. The number of rotatable bonds is 6. The van der Waals surface area contributed by atoms with Gasteiger partial charge in [0, 0.05) is 43.8 Å². The molecule has 104 valence electrons. The quantitative estimate of drug-likeness (QED) is 0.860. The van der Waals surface area contributed by atoms with Crippen LogP contribution in [0.3, 0.4) is 0 Å². The maximum Gasteiger partial charge on any atom is 0.105 e. The summed E-state index contributed by atoms with van der Waals surface area (Å²) in [6, 6.07) is 0.429. The lowest BCUT2D eigenvalue weighted by Gasteiger charge is -2.16. The highest BCUT2D eigenvalue weighted by molar-refractivity contribution is 5.08. The molecule has 0 saturated heterocycles. The van der Waals surface area contributed by atoms with E-state index in [-0.39, 0.29) is 0 Å². The van der Waals surface area contributed by atoms with Crippen molar-refractivity contribution in [3.05, 3.63) is 35.9 Å². The summed E-state index contributed by atoms with van der Waals surface area (Å²) in [5, 5.41) is 3.54. The Labute approximate surface area is 114 Å². The predicted molar refractivity (Wildman–Crippen MR) is 76.1 cm³/mol. The van der Waals surface area contributed by atoms with Crippen molar-refractivity contribution in [3.8, 4) is 0 Å². The molecule has 0 amide bonds. The monoisotopic (exact) mass is 261 g/mol. The molecule has 0 bridgehead atoms. The average molecular weight is 261 g/mol. The van der Waals surface area contributed by atoms with Gasteiger partial charge in [-0.05, 0) is 27.7 Å². The van der Waals surface area contributed by atoms with Crippen molar-refractivity contribution in [1.29, 1.82) is 0 Å². The third kappa shape index (κ3) is 3.44. The van der Waals surface area contributed by atoms with E-state index in [4.69, 9.17) is 0 Å². The minimum absolute atomic E-state index is 0.429. The van der Waals surface area contributed by atoms with Crippen LogP contribution in [-0.4, -0.2) is 31.7 Å². The van der Waals surface area contributed by atoms with Crippen LogP contribution in [0.5, 0.6) is 0 Å². The molecule has 2 aromatic heterocycles. The third-order valence-electron chi connectivity index (χ3n) is 3.58.